The van der Waals surface area contributed by atoms with Crippen LogP contribution in [-0.4, -0.2) is 45.3 Å². The zero-order chi connectivity index (χ0) is 17.8. The molecule has 134 valence electrons. The van der Waals surface area contributed by atoms with Crippen molar-refractivity contribution in [2.24, 2.45) is 13.0 Å². The molecule has 1 aliphatic rings. The van der Waals surface area contributed by atoms with Gasteiger partial charge < -0.3 is 19.9 Å². The van der Waals surface area contributed by atoms with Crippen molar-refractivity contribution in [2.75, 3.05) is 18.9 Å². The van der Waals surface area contributed by atoms with Crippen molar-refractivity contribution in [1.29, 1.82) is 0 Å². The third kappa shape index (κ3) is 4.20. The SMILES string of the molecule is CN(CC1CCCCC1O)C(=O)Nc1cccc(-c2nccn2C)c1. The number of anilines is 1. The first-order chi connectivity index (χ1) is 12.0. The van der Waals surface area contributed by atoms with Crippen LogP contribution in [0.25, 0.3) is 11.4 Å². The van der Waals surface area contributed by atoms with Crippen LogP contribution in [0.4, 0.5) is 10.5 Å². The number of imidazole rings is 1. The second-order valence-corrected chi connectivity index (χ2v) is 6.87. The van der Waals surface area contributed by atoms with Gasteiger partial charge in [0.1, 0.15) is 5.82 Å². The van der Waals surface area contributed by atoms with Gasteiger partial charge >= 0.3 is 6.03 Å². The van der Waals surface area contributed by atoms with Crippen LogP contribution in [0, 0.1) is 5.92 Å². The standard InChI is InChI=1S/C19H26N4O2/c1-22-11-10-20-18(22)14-7-5-8-16(12-14)21-19(25)23(2)13-15-6-3-4-9-17(15)24/h5,7-8,10-12,15,17,24H,3-4,6,9,13H2,1-2H3,(H,21,25). The maximum Gasteiger partial charge on any atom is 0.321 e. The molecule has 2 N–H and O–H groups in total. The predicted octanol–water partition coefficient (Wildman–Crippen LogP) is 3.10. The van der Waals surface area contributed by atoms with E-state index in [1.165, 1.54) is 0 Å². The molecule has 2 aromatic rings. The molecular weight excluding hydrogens is 316 g/mol. The van der Waals surface area contributed by atoms with E-state index in [-0.39, 0.29) is 18.1 Å². The molecule has 3 rings (SSSR count). The van der Waals surface area contributed by atoms with Crippen LogP contribution in [0.1, 0.15) is 25.7 Å². The number of nitrogens with one attached hydrogen (secondary N) is 1. The summed E-state index contributed by atoms with van der Waals surface area (Å²) in [6.45, 7) is 0.575. The first kappa shape index (κ1) is 17.5. The average Bonchev–Trinajstić information content (AvgIpc) is 3.03. The summed E-state index contributed by atoms with van der Waals surface area (Å²) >= 11 is 0. The highest BCUT2D eigenvalue weighted by atomic mass is 16.3. The third-order valence-corrected chi connectivity index (χ3v) is 4.92. The number of hydrogen-bond donors (Lipinski definition) is 2. The zero-order valence-electron chi connectivity index (χ0n) is 14.9. The van der Waals surface area contributed by atoms with Crippen molar-refractivity contribution >= 4 is 11.7 Å². The number of nitrogens with zero attached hydrogens (tertiary/aromatic N) is 3. The summed E-state index contributed by atoms with van der Waals surface area (Å²) in [5.74, 6) is 1.03. The average molecular weight is 342 g/mol. The van der Waals surface area contributed by atoms with Gasteiger partial charge in [0, 0.05) is 50.2 Å². The van der Waals surface area contributed by atoms with E-state index in [0.717, 1.165) is 42.8 Å². The molecule has 2 unspecified atom stereocenters. The van der Waals surface area contributed by atoms with Gasteiger partial charge in [-0.1, -0.05) is 25.0 Å². The van der Waals surface area contributed by atoms with E-state index in [1.807, 2.05) is 42.1 Å². The lowest BCUT2D eigenvalue weighted by Crippen LogP contribution is -2.40. The van der Waals surface area contributed by atoms with E-state index in [9.17, 15) is 9.90 Å². The molecule has 1 aliphatic carbocycles. The Hall–Kier alpha value is -2.34. The molecule has 2 atom stereocenters. The molecule has 6 nitrogen and oxygen atoms in total. The van der Waals surface area contributed by atoms with Crippen LogP contribution in [0.5, 0.6) is 0 Å². The lowest BCUT2D eigenvalue weighted by Gasteiger charge is -2.31. The maximum absolute atomic E-state index is 12.5. The number of benzene rings is 1. The molecule has 1 saturated carbocycles. The van der Waals surface area contributed by atoms with Crippen LogP contribution >= 0.6 is 0 Å². The van der Waals surface area contributed by atoms with Gasteiger partial charge in [-0.3, -0.25) is 0 Å². The summed E-state index contributed by atoms with van der Waals surface area (Å²) in [4.78, 5) is 18.5. The first-order valence-electron chi connectivity index (χ1n) is 8.82. The fraction of sp³-hybridized carbons (Fsp3) is 0.474. The van der Waals surface area contributed by atoms with Crippen LogP contribution in [0.15, 0.2) is 36.7 Å². The Labute approximate surface area is 148 Å². The van der Waals surface area contributed by atoms with E-state index < -0.39 is 0 Å². The minimum absolute atomic E-state index is 0.158. The van der Waals surface area contributed by atoms with Crippen LogP contribution < -0.4 is 5.32 Å². The molecule has 0 bridgehead atoms. The highest BCUT2D eigenvalue weighted by Gasteiger charge is 2.25. The Morgan fingerprint density at radius 3 is 2.92 bits per heavy atom. The number of carbonyl (C=O) groups excluding carboxylic acids is 1. The molecule has 0 radical (unpaired) electrons. The highest BCUT2D eigenvalue weighted by Crippen LogP contribution is 2.25. The molecule has 0 saturated heterocycles. The Kier molecular flexibility index (Phi) is 5.38. The quantitative estimate of drug-likeness (QED) is 0.897. The van der Waals surface area contributed by atoms with Gasteiger partial charge in [-0.15, -0.1) is 0 Å². The fourth-order valence-corrected chi connectivity index (χ4v) is 3.43. The molecule has 1 heterocycles. The van der Waals surface area contributed by atoms with Gasteiger partial charge in [-0.2, -0.15) is 0 Å². The van der Waals surface area contributed by atoms with Gasteiger partial charge in [0.15, 0.2) is 0 Å². The number of aliphatic hydroxyl groups excluding tert-OH is 1. The van der Waals surface area contributed by atoms with Crippen LogP contribution in [-0.2, 0) is 7.05 Å². The molecule has 1 fully saturated rings. The second-order valence-electron chi connectivity index (χ2n) is 6.87. The minimum Gasteiger partial charge on any atom is -0.393 e. The van der Waals surface area contributed by atoms with Crippen molar-refractivity contribution in [2.45, 2.75) is 31.8 Å². The molecule has 1 aromatic heterocycles. The first-order valence-corrected chi connectivity index (χ1v) is 8.82. The summed E-state index contributed by atoms with van der Waals surface area (Å²) in [5.41, 5.74) is 1.69. The Morgan fingerprint density at radius 1 is 1.40 bits per heavy atom. The van der Waals surface area contributed by atoms with Crippen molar-refractivity contribution < 1.29 is 9.90 Å². The lowest BCUT2D eigenvalue weighted by molar-refractivity contribution is 0.0575. The van der Waals surface area contributed by atoms with Gasteiger partial charge in [-0.25, -0.2) is 9.78 Å². The highest BCUT2D eigenvalue weighted by molar-refractivity contribution is 5.89. The Morgan fingerprint density at radius 2 is 2.20 bits per heavy atom. The zero-order valence-corrected chi connectivity index (χ0v) is 14.9. The molecule has 0 aliphatic heterocycles. The number of hydrogen-bond acceptors (Lipinski definition) is 3. The number of aryl methyl sites for hydroxylation is 1. The molecule has 2 amide bonds. The second kappa shape index (κ2) is 7.70. The third-order valence-electron chi connectivity index (χ3n) is 4.92. The van der Waals surface area contributed by atoms with E-state index in [1.54, 1.807) is 18.1 Å². The molecule has 0 spiro atoms. The molecular formula is C19H26N4O2. The van der Waals surface area contributed by atoms with Gasteiger partial charge in [0.25, 0.3) is 0 Å². The number of amides is 2. The summed E-state index contributed by atoms with van der Waals surface area (Å²) in [6, 6.07) is 7.51. The number of urea groups is 1. The maximum atomic E-state index is 12.5. The van der Waals surface area contributed by atoms with E-state index in [4.69, 9.17) is 0 Å². The lowest BCUT2D eigenvalue weighted by atomic mass is 9.86. The molecule has 25 heavy (non-hydrogen) atoms. The minimum atomic E-state index is -0.296. The summed E-state index contributed by atoms with van der Waals surface area (Å²) in [6.07, 6.45) is 7.37. The molecule has 1 aromatic carbocycles. The fourth-order valence-electron chi connectivity index (χ4n) is 3.43. The Bertz CT molecular complexity index is 728. The number of aliphatic hydroxyl groups is 1. The van der Waals surface area contributed by atoms with E-state index in [0.29, 0.717) is 6.54 Å². The summed E-state index contributed by atoms with van der Waals surface area (Å²) < 4.78 is 1.94. The monoisotopic (exact) mass is 342 g/mol. The normalized spacial score (nSPS) is 20.3. The van der Waals surface area contributed by atoms with Gasteiger partial charge in [0.05, 0.1) is 6.10 Å². The number of carbonyl (C=O) groups is 1. The predicted molar refractivity (Wildman–Crippen MR) is 98.3 cm³/mol. The molecule has 6 heteroatoms. The van der Waals surface area contributed by atoms with E-state index >= 15 is 0 Å². The van der Waals surface area contributed by atoms with Gasteiger partial charge in [-0.05, 0) is 25.0 Å². The Balaban J connectivity index is 1.63. The van der Waals surface area contributed by atoms with Crippen molar-refractivity contribution in [3.8, 4) is 11.4 Å². The van der Waals surface area contributed by atoms with Crippen molar-refractivity contribution in [3.05, 3.63) is 36.7 Å². The van der Waals surface area contributed by atoms with Crippen molar-refractivity contribution in [1.82, 2.24) is 14.5 Å². The van der Waals surface area contributed by atoms with Crippen molar-refractivity contribution in [3.63, 3.8) is 0 Å². The smallest absolute Gasteiger partial charge is 0.321 e. The summed E-state index contributed by atoms with van der Waals surface area (Å²) in [5, 5.41) is 13.0. The number of rotatable bonds is 4. The van der Waals surface area contributed by atoms with E-state index in [2.05, 4.69) is 10.3 Å². The summed E-state index contributed by atoms with van der Waals surface area (Å²) in [7, 11) is 3.72. The number of aromatic nitrogens is 2. The van der Waals surface area contributed by atoms with Crippen LogP contribution in [0.2, 0.25) is 0 Å². The largest absolute Gasteiger partial charge is 0.393 e. The van der Waals surface area contributed by atoms with Crippen LogP contribution in [0.3, 0.4) is 0 Å². The topological polar surface area (TPSA) is 70.4 Å². The van der Waals surface area contributed by atoms with Gasteiger partial charge in [0.2, 0.25) is 0 Å².